The molecule has 2 aromatic carbocycles. The van der Waals surface area contributed by atoms with Crippen LogP contribution in [0.15, 0.2) is 48.2 Å². The number of nitrogens with zero attached hydrogens (tertiary/aromatic N) is 1. The maximum atomic E-state index is 12.2. The van der Waals surface area contributed by atoms with Crippen molar-refractivity contribution in [3.8, 4) is 11.5 Å². The highest BCUT2D eigenvalue weighted by Crippen LogP contribution is 2.34. The van der Waals surface area contributed by atoms with Gasteiger partial charge in [-0.1, -0.05) is 0 Å². The van der Waals surface area contributed by atoms with Crippen LogP contribution < -0.4 is 9.47 Å². The highest BCUT2D eigenvalue weighted by Gasteiger charge is 2.27. The number of non-ortho nitro benzene ring substituents is 1. The van der Waals surface area contributed by atoms with Crippen LogP contribution in [-0.2, 0) is 0 Å². The van der Waals surface area contributed by atoms with Crippen molar-refractivity contribution in [1.29, 1.82) is 0 Å². The third-order valence-electron chi connectivity index (χ3n) is 3.28. The fourth-order valence-corrected chi connectivity index (χ4v) is 2.14. The fourth-order valence-electron chi connectivity index (χ4n) is 2.14. The first-order chi connectivity index (χ1) is 10.6. The second kappa shape index (κ2) is 5.33. The topological polar surface area (TPSA) is 78.7 Å². The number of fused-ring (bicyclic) bond motifs is 1. The van der Waals surface area contributed by atoms with E-state index in [1.54, 1.807) is 36.4 Å². The molecule has 0 saturated carbocycles. The first-order valence-corrected chi connectivity index (χ1v) is 6.45. The molecule has 0 amide bonds. The zero-order valence-electron chi connectivity index (χ0n) is 11.6. The normalized spacial score (nSPS) is 14.6. The van der Waals surface area contributed by atoms with Crippen molar-refractivity contribution in [3.05, 3.63) is 69.5 Å². The molecule has 0 saturated heterocycles. The van der Waals surface area contributed by atoms with Gasteiger partial charge in [0.05, 0.1) is 17.6 Å². The summed E-state index contributed by atoms with van der Waals surface area (Å²) in [5.41, 5.74) is 1.11. The van der Waals surface area contributed by atoms with Crippen LogP contribution in [0.1, 0.15) is 15.9 Å². The molecule has 1 aliphatic heterocycles. The fraction of sp³-hybridized carbons (Fsp3) is 0.0625. The zero-order chi connectivity index (χ0) is 15.7. The standard InChI is InChI=1S/C16H11NO5/c1-21-12-6-7-13-14(9-12)22-15(16(13)18)8-10-2-4-11(5-3-10)17(19)20/h2-9H,1H3/b15-8+. The van der Waals surface area contributed by atoms with Crippen LogP contribution in [-0.4, -0.2) is 17.8 Å². The van der Waals surface area contributed by atoms with Crippen molar-refractivity contribution < 1.29 is 19.2 Å². The molecule has 110 valence electrons. The number of rotatable bonds is 3. The quantitative estimate of drug-likeness (QED) is 0.494. The monoisotopic (exact) mass is 297 g/mol. The maximum Gasteiger partial charge on any atom is 0.269 e. The highest BCUT2D eigenvalue weighted by atomic mass is 16.6. The summed E-state index contributed by atoms with van der Waals surface area (Å²) in [6.45, 7) is 0. The minimum atomic E-state index is -0.476. The van der Waals surface area contributed by atoms with Gasteiger partial charge in [0.15, 0.2) is 5.76 Å². The van der Waals surface area contributed by atoms with Gasteiger partial charge in [0.2, 0.25) is 5.78 Å². The lowest BCUT2D eigenvalue weighted by atomic mass is 10.1. The predicted molar refractivity (Wildman–Crippen MR) is 79.0 cm³/mol. The lowest BCUT2D eigenvalue weighted by Gasteiger charge is -2.01. The van der Waals surface area contributed by atoms with Gasteiger partial charge in [-0.25, -0.2) is 0 Å². The van der Waals surface area contributed by atoms with Gasteiger partial charge in [-0.3, -0.25) is 14.9 Å². The minimum absolute atomic E-state index is 0.00570. The number of nitro groups is 1. The average molecular weight is 297 g/mol. The number of benzene rings is 2. The number of Topliss-reactive ketones (excluding diaryl/α,β-unsaturated/α-hetero) is 1. The molecule has 6 nitrogen and oxygen atoms in total. The summed E-state index contributed by atoms with van der Waals surface area (Å²) >= 11 is 0. The van der Waals surface area contributed by atoms with E-state index >= 15 is 0 Å². The molecule has 22 heavy (non-hydrogen) atoms. The van der Waals surface area contributed by atoms with Crippen LogP contribution in [0.4, 0.5) is 5.69 Å². The number of ether oxygens (including phenoxy) is 2. The van der Waals surface area contributed by atoms with Crippen molar-refractivity contribution in [2.24, 2.45) is 0 Å². The Morgan fingerprint density at radius 3 is 2.55 bits per heavy atom. The zero-order valence-corrected chi connectivity index (χ0v) is 11.6. The van der Waals surface area contributed by atoms with E-state index in [9.17, 15) is 14.9 Å². The summed E-state index contributed by atoms with van der Waals surface area (Å²) in [7, 11) is 1.53. The van der Waals surface area contributed by atoms with E-state index < -0.39 is 4.92 Å². The van der Waals surface area contributed by atoms with E-state index in [1.165, 1.54) is 19.2 Å². The van der Waals surface area contributed by atoms with Crippen LogP contribution in [0.2, 0.25) is 0 Å². The highest BCUT2D eigenvalue weighted by molar-refractivity contribution is 6.14. The molecule has 0 unspecified atom stereocenters. The second-order valence-corrected chi connectivity index (χ2v) is 4.65. The maximum absolute atomic E-state index is 12.2. The number of allylic oxidation sites excluding steroid dienone is 1. The average Bonchev–Trinajstić information content (AvgIpc) is 2.83. The van der Waals surface area contributed by atoms with E-state index in [-0.39, 0.29) is 17.2 Å². The van der Waals surface area contributed by atoms with Gasteiger partial charge in [-0.2, -0.15) is 0 Å². The number of hydrogen-bond donors (Lipinski definition) is 0. The molecular formula is C16H11NO5. The predicted octanol–water partition coefficient (Wildman–Crippen LogP) is 3.22. The number of ketones is 1. The van der Waals surface area contributed by atoms with Crippen molar-refractivity contribution in [2.75, 3.05) is 7.11 Å². The summed E-state index contributed by atoms with van der Waals surface area (Å²) < 4.78 is 10.6. The SMILES string of the molecule is COc1ccc2c(c1)O/C(=C/c1ccc([N+](=O)[O-])cc1)C2=O. The molecule has 2 aromatic rings. The number of methoxy groups -OCH3 is 1. The number of carbonyl (C=O) groups excluding carboxylic acids is 1. The van der Waals surface area contributed by atoms with E-state index in [4.69, 9.17) is 9.47 Å². The summed E-state index contributed by atoms with van der Waals surface area (Å²) in [6.07, 6.45) is 1.55. The van der Waals surface area contributed by atoms with Crippen molar-refractivity contribution in [3.63, 3.8) is 0 Å². The first-order valence-electron chi connectivity index (χ1n) is 6.45. The van der Waals surface area contributed by atoms with Gasteiger partial charge >= 0.3 is 0 Å². The number of carbonyl (C=O) groups is 1. The molecule has 0 atom stereocenters. The van der Waals surface area contributed by atoms with Crippen LogP contribution in [0.5, 0.6) is 11.5 Å². The van der Waals surface area contributed by atoms with Crippen LogP contribution in [0.3, 0.4) is 0 Å². The van der Waals surface area contributed by atoms with Crippen LogP contribution in [0.25, 0.3) is 6.08 Å². The van der Waals surface area contributed by atoms with Crippen molar-refractivity contribution in [1.82, 2.24) is 0 Å². The molecule has 6 heteroatoms. The molecule has 0 aromatic heterocycles. The molecule has 0 N–H and O–H groups in total. The molecule has 0 bridgehead atoms. The smallest absolute Gasteiger partial charge is 0.269 e. The molecule has 3 rings (SSSR count). The minimum Gasteiger partial charge on any atom is -0.497 e. The largest absolute Gasteiger partial charge is 0.497 e. The van der Waals surface area contributed by atoms with Gasteiger partial charge in [0, 0.05) is 18.2 Å². The van der Waals surface area contributed by atoms with E-state index in [0.717, 1.165) is 0 Å². The Kier molecular flexibility index (Phi) is 3.34. The second-order valence-electron chi connectivity index (χ2n) is 4.65. The van der Waals surface area contributed by atoms with E-state index in [2.05, 4.69) is 0 Å². The lowest BCUT2D eigenvalue weighted by molar-refractivity contribution is -0.384. The van der Waals surface area contributed by atoms with Crippen LogP contribution >= 0.6 is 0 Å². The lowest BCUT2D eigenvalue weighted by Crippen LogP contribution is -1.98. The molecule has 0 fully saturated rings. The molecular weight excluding hydrogens is 286 g/mol. The molecule has 0 radical (unpaired) electrons. The molecule has 0 aliphatic carbocycles. The summed E-state index contributed by atoms with van der Waals surface area (Å²) in [5, 5.41) is 10.6. The van der Waals surface area contributed by atoms with E-state index in [0.29, 0.717) is 22.6 Å². The summed E-state index contributed by atoms with van der Waals surface area (Å²) in [4.78, 5) is 22.4. The van der Waals surface area contributed by atoms with Gasteiger partial charge in [0.1, 0.15) is 11.5 Å². The molecule has 1 heterocycles. The van der Waals surface area contributed by atoms with E-state index in [1.807, 2.05) is 0 Å². The Morgan fingerprint density at radius 2 is 1.91 bits per heavy atom. The number of nitro benzene ring substituents is 1. The van der Waals surface area contributed by atoms with Crippen molar-refractivity contribution >= 4 is 17.5 Å². The Balaban J connectivity index is 1.90. The van der Waals surface area contributed by atoms with Crippen LogP contribution in [0, 0.1) is 10.1 Å². The van der Waals surface area contributed by atoms with Gasteiger partial charge < -0.3 is 9.47 Å². The third kappa shape index (κ3) is 2.42. The molecule has 0 spiro atoms. The number of hydrogen-bond acceptors (Lipinski definition) is 5. The summed E-state index contributed by atoms with van der Waals surface area (Å²) in [5.74, 6) is 0.994. The van der Waals surface area contributed by atoms with Gasteiger partial charge in [0.25, 0.3) is 5.69 Å². The van der Waals surface area contributed by atoms with Gasteiger partial charge in [-0.15, -0.1) is 0 Å². The van der Waals surface area contributed by atoms with Gasteiger partial charge in [-0.05, 0) is 35.9 Å². The Bertz CT molecular complexity index is 793. The Morgan fingerprint density at radius 1 is 1.18 bits per heavy atom. The molecule has 1 aliphatic rings. The third-order valence-corrected chi connectivity index (χ3v) is 3.28. The van der Waals surface area contributed by atoms with Crippen molar-refractivity contribution in [2.45, 2.75) is 0 Å². The summed E-state index contributed by atoms with van der Waals surface area (Å²) in [6, 6.07) is 10.9. The first kappa shape index (κ1) is 13.8. The Hall–Kier alpha value is -3.15. The Labute approximate surface area is 125 Å².